The van der Waals surface area contributed by atoms with Crippen molar-refractivity contribution in [3.8, 4) is 0 Å². The maximum Gasteiger partial charge on any atom is 0.315 e. The molecule has 0 aliphatic carbocycles. The molecule has 1 unspecified atom stereocenters. The van der Waals surface area contributed by atoms with Crippen molar-refractivity contribution in [2.45, 2.75) is 114 Å². The molecule has 10 amide bonds. The number of thiol groups is 1. The molecule has 316 valence electrons. The van der Waals surface area contributed by atoms with Crippen molar-refractivity contribution in [1.82, 2.24) is 48.0 Å². The van der Waals surface area contributed by atoms with Gasteiger partial charge in [0.05, 0.1) is 25.2 Å². The number of rotatable bonds is 26. The summed E-state index contributed by atoms with van der Waals surface area (Å²) in [5, 5.41) is 29.9. The van der Waals surface area contributed by atoms with Gasteiger partial charge < -0.3 is 48.3 Å². The molecule has 20 nitrogen and oxygen atoms in total. The average molecular weight is 831 g/mol. The van der Waals surface area contributed by atoms with Gasteiger partial charge in [-0.15, -0.1) is 0 Å². The summed E-state index contributed by atoms with van der Waals surface area (Å²) in [5.41, 5.74) is 6.92. The van der Waals surface area contributed by atoms with Crippen molar-refractivity contribution in [3.05, 3.63) is 0 Å². The van der Waals surface area contributed by atoms with E-state index < -0.39 is 78.5 Å². The zero-order valence-corrected chi connectivity index (χ0v) is 33.8. The van der Waals surface area contributed by atoms with Crippen LogP contribution in [-0.2, 0) is 38.4 Å². The molecule has 0 aromatic rings. The fourth-order valence-electron chi connectivity index (χ4n) is 6.14. The SMILES string of the molecule is CC(C)CC(CC(=O)NO)C(=O)N[C@@H](CS)C(=O)N[C@@H](C)C(=O)NCC(=O)NCC(=O)N[C@@H](CCCCNC(=O)CCCC[C@@H]1SC[C@@H]2NC(=O)N[C@@H]21)C(N)=O. The van der Waals surface area contributed by atoms with Gasteiger partial charge in [-0.25, -0.2) is 10.3 Å². The summed E-state index contributed by atoms with van der Waals surface area (Å²) in [4.78, 5) is 110. The van der Waals surface area contributed by atoms with E-state index in [1.807, 2.05) is 25.6 Å². The van der Waals surface area contributed by atoms with E-state index in [0.717, 1.165) is 25.0 Å². The van der Waals surface area contributed by atoms with E-state index in [1.165, 1.54) is 12.4 Å². The van der Waals surface area contributed by atoms with Gasteiger partial charge in [0.1, 0.15) is 18.1 Å². The zero-order chi connectivity index (χ0) is 41.8. The van der Waals surface area contributed by atoms with Gasteiger partial charge in [-0.05, 0) is 51.4 Å². The van der Waals surface area contributed by atoms with Crippen LogP contribution in [0.15, 0.2) is 0 Å². The summed E-state index contributed by atoms with van der Waals surface area (Å²) >= 11 is 5.94. The standard InChI is InChI=1S/C34H58N10O10S2/c1-18(2)12-20(13-26(46)44-54)32(51)41-22(16-55)33(52)39-19(3)31(50)38-14-27(47)37-15-28(48)40-21(30(35)49)8-6-7-11-36-25(45)10-5-4-9-24-29-23(17-56-24)42-34(53)43-29/h18-24,29,54-55H,4-17H2,1-3H3,(H2,35,49)(H,36,45)(H,37,47)(H,38,50)(H,39,52)(H,40,48)(H,41,51)(H,44,46)(H2,42,43,53)/t19-,20?,21-,22-,23-,24-,29-/m0/s1. The highest BCUT2D eigenvalue weighted by Crippen LogP contribution is 2.33. The second kappa shape index (κ2) is 25.0. The number of primary amides is 1. The van der Waals surface area contributed by atoms with Crippen LogP contribution in [0.1, 0.15) is 78.6 Å². The summed E-state index contributed by atoms with van der Waals surface area (Å²) in [6.45, 7) is 4.39. The highest BCUT2D eigenvalue weighted by molar-refractivity contribution is 8.00. The second-order valence-electron chi connectivity index (χ2n) is 14.3. The molecule has 2 saturated heterocycles. The minimum absolute atomic E-state index is 0.0339. The van der Waals surface area contributed by atoms with Crippen LogP contribution < -0.4 is 53.7 Å². The number of nitrogens with two attached hydrogens (primary N) is 1. The predicted molar refractivity (Wildman–Crippen MR) is 209 cm³/mol. The number of carbonyl (C=O) groups is 9. The third-order valence-electron chi connectivity index (χ3n) is 9.12. The lowest BCUT2D eigenvalue weighted by Crippen LogP contribution is -2.55. The Kier molecular flexibility index (Phi) is 21.4. The minimum atomic E-state index is -1.15. The summed E-state index contributed by atoms with van der Waals surface area (Å²) < 4.78 is 0. The van der Waals surface area contributed by atoms with Crippen molar-refractivity contribution >= 4 is 77.7 Å². The first-order chi connectivity index (χ1) is 26.5. The van der Waals surface area contributed by atoms with Gasteiger partial charge in [0, 0.05) is 42.1 Å². The number of amides is 10. The number of urea groups is 1. The molecule has 0 aromatic carbocycles. The lowest BCUT2D eigenvalue weighted by molar-refractivity contribution is -0.136. The monoisotopic (exact) mass is 830 g/mol. The predicted octanol–water partition coefficient (Wildman–Crippen LogP) is -2.32. The highest BCUT2D eigenvalue weighted by Gasteiger charge is 2.42. The maximum atomic E-state index is 12.8. The lowest BCUT2D eigenvalue weighted by Gasteiger charge is -2.23. The number of carbonyl (C=O) groups excluding carboxylic acids is 9. The van der Waals surface area contributed by atoms with Gasteiger partial charge in [-0.2, -0.15) is 24.4 Å². The Labute approximate surface area is 336 Å². The van der Waals surface area contributed by atoms with Gasteiger partial charge in [-0.3, -0.25) is 43.6 Å². The molecule has 0 bridgehead atoms. The van der Waals surface area contributed by atoms with E-state index in [9.17, 15) is 43.2 Å². The highest BCUT2D eigenvalue weighted by atomic mass is 32.2. The molecule has 22 heteroatoms. The minimum Gasteiger partial charge on any atom is -0.368 e. The number of thioether (sulfide) groups is 1. The van der Waals surface area contributed by atoms with Crippen molar-refractivity contribution in [3.63, 3.8) is 0 Å². The molecule has 0 radical (unpaired) electrons. The van der Waals surface area contributed by atoms with Gasteiger partial charge >= 0.3 is 6.03 Å². The Balaban J connectivity index is 1.62. The third kappa shape index (κ3) is 17.7. The smallest absolute Gasteiger partial charge is 0.315 e. The summed E-state index contributed by atoms with van der Waals surface area (Å²) in [7, 11) is 0. The number of hydrogen-bond donors (Lipinski definition) is 12. The Bertz CT molecular complexity index is 1410. The Morgan fingerprint density at radius 2 is 1.54 bits per heavy atom. The van der Waals surface area contributed by atoms with E-state index in [1.54, 1.807) is 0 Å². The Hall–Kier alpha value is -4.31. The lowest BCUT2D eigenvalue weighted by atomic mass is 9.93. The van der Waals surface area contributed by atoms with Crippen LogP contribution in [0.3, 0.4) is 0 Å². The van der Waals surface area contributed by atoms with Crippen LogP contribution in [0, 0.1) is 11.8 Å². The molecule has 12 N–H and O–H groups in total. The molecule has 2 heterocycles. The Morgan fingerprint density at radius 3 is 2.20 bits per heavy atom. The first-order valence-corrected chi connectivity index (χ1v) is 20.5. The fraction of sp³-hybridized carbons (Fsp3) is 0.735. The zero-order valence-electron chi connectivity index (χ0n) is 32.1. The second-order valence-corrected chi connectivity index (χ2v) is 15.9. The van der Waals surface area contributed by atoms with E-state index in [4.69, 9.17) is 10.9 Å². The topological polar surface area (TPSA) is 308 Å². The molecular weight excluding hydrogens is 773 g/mol. The molecular formula is C34H58N10O10S2. The maximum absolute atomic E-state index is 12.8. The molecule has 2 aliphatic rings. The number of nitrogens with one attached hydrogen (secondary N) is 9. The van der Waals surface area contributed by atoms with Crippen molar-refractivity contribution < 1.29 is 48.4 Å². The van der Waals surface area contributed by atoms with Gasteiger partial charge in [0.15, 0.2) is 0 Å². The van der Waals surface area contributed by atoms with Crippen LogP contribution in [0.25, 0.3) is 0 Å². The average Bonchev–Trinajstić information content (AvgIpc) is 3.70. The van der Waals surface area contributed by atoms with Crippen molar-refractivity contribution in [1.29, 1.82) is 0 Å². The fourth-order valence-corrected chi connectivity index (χ4v) is 7.94. The molecule has 0 saturated carbocycles. The van der Waals surface area contributed by atoms with Gasteiger partial charge in [-0.1, -0.05) is 20.3 Å². The third-order valence-corrected chi connectivity index (χ3v) is 11.0. The van der Waals surface area contributed by atoms with Crippen LogP contribution in [0.5, 0.6) is 0 Å². The number of hydroxylamine groups is 1. The number of fused-ring (bicyclic) bond motifs is 1. The summed E-state index contributed by atoms with van der Waals surface area (Å²) in [6, 6.07) is -3.09. The number of hydrogen-bond acceptors (Lipinski definition) is 12. The van der Waals surface area contributed by atoms with Crippen LogP contribution >= 0.6 is 24.4 Å². The van der Waals surface area contributed by atoms with Crippen LogP contribution in [0.2, 0.25) is 0 Å². The van der Waals surface area contributed by atoms with E-state index in [0.29, 0.717) is 37.5 Å². The van der Waals surface area contributed by atoms with Crippen LogP contribution in [-0.4, -0.2) is 125 Å². The molecule has 56 heavy (non-hydrogen) atoms. The van der Waals surface area contributed by atoms with Crippen molar-refractivity contribution in [2.75, 3.05) is 31.1 Å². The summed E-state index contributed by atoms with van der Waals surface area (Å²) in [6.07, 6.45) is 4.15. The normalized spacial score (nSPS) is 19.2. The quantitative estimate of drug-likeness (QED) is 0.0144. The van der Waals surface area contributed by atoms with E-state index in [-0.39, 0.29) is 48.5 Å². The molecule has 7 atom stereocenters. The molecule has 0 spiro atoms. The molecule has 2 fully saturated rings. The Morgan fingerprint density at radius 1 is 0.821 bits per heavy atom. The van der Waals surface area contributed by atoms with E-state index >= 15 is 0 Å². The largest absolute Gasteiger partial charge is 0.368 e. The van der Waals surface area contributed by atoms with E-state index in [2.05, 4.69) is 55.2 Å². The van der Waals surface area contributed by atoms with Gasteiger partial charge in [0.2, 0.25) is 47.3 Å². The summed E-state index contributed by atoms with van der Waals surface area (Å²) in [5.74, 6) is -5.12. The van der Waals surface area contributed by atoms with Crippen molar-refractivity contribution in [2.24, 2.45) is 17.6 Å². The molecule has 2 rings (SSSR count). The number of unbranched alkanes of at least 4 members (excludes halogenated alkanes) is 2. The molecule has 2 aliphatic heterocycles. The van der Waals surface area contributed by atoms with Crippen LogP contribution in [0.4, 0.5) is 4.79 Å². The first kappa shape index (κ1) is 47.8. The first-order valence-electron chi connectivity index (χ1n) is 18.8. The molecule has 0 aromatic heterocycles. The van der Waals surface area contributed by atoms with Gasteiger partial charge in [0.25, 0.3) is 0 Å².